The van der Waals surface area contributed by atoms with Crippen LogP contribution in [0, 0.1) is 5.92 Å². The number of esters is 1. The second kappa shape index (κ2) is 5.46. The topological polar surface area (TPSA) is 38.3 Å². The lowest BCUT2D eigenvalue weighted by molar-refractivity contribution is -0.137. The van der Waals surface area contributed by atoms with Gasteiger partial charge in [0, 0.05) is 23.5 Å². The summed E-state index contributed by atoms with van der Waals surface area (Å²) < 4.78 is 5.99. The number of hydrogen-bond acceptors (Lipinski definition) is 3. The molecule has 0 amide bonds. The molecular weight excluding hydrogens is 270 g/mol. The summed E-state index contributed by atoms with van der Waals surface area (Å²) in [6.07, 6.45) is 0.547. The molecule has 1 saturated heterocycles. The third-order valence-corrected chi connectivity index (χ3v) is 3.08. The largest absolute Gasteiger partial charge is 0.465 e. The minimum absolute atomic E-state index is 0.0748. The van der Waals surface area contributed by atoms with Crippen LogP contribution in [0.15, 0.2) is 28.7 Å². The first-order chi connectivity index (χ1) is 7.74. The van der Waals surface area contributed by atoms with E-state index in [2.05, 4.69) is 33.4 Å². The first-order valence-corrected chi connectivity index (χ1v) is 6.14. The summed E-state index contributed by atoms with van der Waals surface area (Å²) in [4.78, 5) is 10.9. The summed E-state index contributed by atoms with van der Waals surface area (Å²) in [6.45, 7) is 2.21. The van der Waals surface area contributed by atoms with Crippen LogP contribution in [-0.4, -0.2) is 19.1 Å². The number of hydrogen-bond donors (Lipinski definition) is 1. The fraction of sp³-hybridized carbons (Fsp3) is 0.417. The zero-order valence-electron chi connectivity index (χ0n) is 8.91. The molecule has 2 rings (SSSR count). The summed E-state index contributed by atoms with van der Waals surface area (Å²) in [7, 11) is 0. The highest BCUT2D eigenvalue weighted by atomic mass is 79.9. The van der Waals surface area contributed by atoms with Crippen LogP contribution in [0.25, 0.3) is 0 Å². The number of cyclic esters (lactones) is 1. The number of benzene rings is 1. The van der Waals surface area contributed by atoms with E-state index in [1.807, 2.05) is 12.1 Å². The van der Waals surface area contributed by atoms with Gasteiger partial charge in [-0.25, -0.2) is 0 Å². The summed E-state index contributed by atoms with van der Waals surface area (Å²) in [5.74, 6) is 0.258. The Balaban J connectivity index is 1.74. The van der Waals surface area contributed by atoms with E-state index in [4.69, 9.17) is 4.74 Å². The van der Waals surface area contributed by atoms with Crippen molar-refractivity contribution in [2.45, 2.75) is 13.0 Å². The Bertz CT molecular complexity index is 381. The maximum absolute atomic E-state index is 10.9. The van der Waals surface area contributed by atoms with Crippen LogP contribution >= 0.6 is 15.9 Å². The van der Waals surface area contributed by atoms with Crippen molar-refractivity contribution in [3.8, 4) is 0 Å². The van der Waals surface area contributed by atoms with Gasteiger partial charge in [0.1, 0.15) is 0 Å². The molecule has 86 valence electrons. The van der Waals surface area contributed by atoms with E-state index in [9.17, 15) is 4.79 Å². The molecule has 1 atom stereocenters. The van der Waals surface area contributed by atoms with E-state index in [0.29, 0.717) is 18.9 Å². The van der Waals surface area contributed by atoms with Crippen LogP contribution in [0.3, 0.4) is 0 Å². The minimum atomic E-state index is -0.0748. The molecule has 0 spiro atoms. The Morgan fingerprint density at radius 2 is 2.38 bits per heavy atom. The smallest absolute Gasteiger partial charge is 0.306 e. The molecule has 0 aliphatic carbocycles. The molecule has 3 nitrogen and oxygen atoms in total. The maximum atomic E-state index is 10.9. The van der Waals surface area contributed by atoms with E-state index >= 15 is 0 Å². The molecule has 0 aromatic heterocycles. The minimum Gasteiger partial charge on any atom is -0.465 e. The molecule has 16 heavy (non-hydrogen) atoms. The second-order valence-corrected chi connectivity index (χ2v) is 4.93. The van der Waals surface area contributed by atoms with E-state index in [0.717, 1.165) is 17.6 Å². The van der Waals surface area contributed by atoms with Gasteiger partial charge in [-0.3, -0.25) is 4.79 Å². The van der Waals surface area contributed by atoms with Gasteiger partial charge in [-0.2, -0.15) is 0 Å². The van der Waals surface area contributed by atoms with Crippen LogP contribution < -0.4 is 5.32 Å². The quantitative estimate of drug-likeness (QED) is 0.860. The van der Waals surface area contributed by atoms with Crippen LogP contribution in [0.2, 0.25) is 0 Å². The molecule has 1 aromatic carbocycles. The van der Waals surface area contributed by atoms with Crippen molar-refractivity contribution in [2.24, 2.45) is 5.92 Å². The van der Waals surface area contributed by atoms with Crippen molar-refractivity contribution < 1.29 is 9.53 Å². The fourth-order valence-electron chi connectivity index (χ4n) is 1.76. The summed E-state index contributed by atoms with van der Waals surface area (Å²) in [6, 6.07) is 8.19. The molecule has 0 saturated carbocycles. The predicted molar refractivity (Wildman–Crippen MR) is 64.9 cm³/mol. The van der Waals surface area contributed by atoms with Crippen LogP contribution in [0.5, 0.6) is 0 Å². The van der Waals surface area contributed by atoms with Gasteiger partial charge in [-0.1, -0.05) is 28.1 Å². The van der Waals surface area contributed by atoms with Crippen molar-refractivity contribution in [1.29, 1.82) is 0 Å². The van der Waals surface area contributed by atoms with E-state index in [-0.39, 0.29) is 5.97 Å². The van der Waals surface area contributed by atoms with E-state index in [1.54, 1.807) is 0 Å². The van der Waals surface area contributed by atoms with Crippen molar-refractivity contribution in [3.63, 3.8) is 0 Å². The van der Waals surface area contributed by atoms with E-state index in [1.165, 1.54) is 5.56 Å². The van der Waals surface area contributed by atoms with Gasteiger partial charge in [0.05, 0.1) is 13.0 Å². The number of halogens is 1. The molecule has 4 heteroatoms. The third-order valence-electron chi connectivity index (χ3n) is 2.59. The summed E-state index contributed by atoms with van der Waals surface area (Å²) in [5, 5.41) is 3.34. The van der Waals surface area contributed by atoms with Crippen molar-refractivity contribution in [2.75, 3.05) is 13.2 Å². The second-order valence-electron chi connectivity index (χ2n) is 4.01. The molecule has 1 N–H and O–H groups in total. The zero-order valence-corrected chi connectivity index (χ0v) is 10.5. The Morgan fingerprint density at radius 1 is 1.50 bits per heavy atom. The van der Waals surface area contributed by atoms with Gasteiger partial charge in [0.15, 0.2) is 0 Å². The average Bonchev–Trinajstić information content (AvgIpc) is 2.64. The molecule has 1 fully saturated rings. The SMILES string of the molecule is O=C1CC(CNCc2cccc(Br)c2)CO1. The van der Waals surface area contributed by atoms with Crippen LogP contribution in [-0.2, 0) is 16.1 Å². The first kappa shape index (κ1) is 11.6. The highest BCUT2D eigenvalue weighted by Crippen LogP contribution is 2.14. The van der Waals surface area contributed by atoms with Crippen molar-refractivity contribution >= 4 is 21.9 Å². The highest BCUT2D eigenvalue weighted by molar-refractivity contribution is 9.10. The highest BCUT2D eigenvalue weighted by Gasteiger charge is 2.22. The lowest BCUT2D eigenvalue weighted by atomic mass is 10.1. The zero-order chi connectivity index (χ0) is 11.4. The molecular formula is C12H14BrNO2. The normalized spacial score (nSPS) is 19.8. The first-order valence-electron chi connectivity index (χ1n) is 5.35. The van der Waals surface area contributed by atoms with Gasteiger partial charge in [0.25, 0.3) is 0 Å². The Hall–Kier alpha value is -0.870. The third kappa shape index (κ3) is 3.32. The van der Waals surface area contributed by atoms with Crippen LogP contribution in [0.4, 0.5) is 0 Å². The lowest BCUT2D eigenvalue weighted by Gasteiger charge is -2.08. The molecule has 1 aliphatic rings. The number of nitrogens with one attached hydrogen (secondary N) is 1. The number of carbonyl (C=O) groups excluding carboxylic acids is 1. The number of rotatable bonds is 4. The number of ether oxygens (including phenoxy) is 1. The molecule has 0 radical (unpaired) electrons. The fourth-order valence-corrected chi connectivity index (χ4v) is 2.21. The Labute approximate surface area is 103 Å². The maximum Gasteiger partial charge on any atom is 0.306 e. The number of carbonyl (C=O) groups is 1. The van der Waals surface area contributed by atoms with E-state index < -0.39 is 0 Å². The Morgan fingerprint density at radius 3 is 3.06 bits per heavy atom. The summed E-state index contributed by atoms with van der Waals surface area (Å²) in [5.41, 5.74) is 1.24. The molecule has 1 unspecified atom stereocenters. The van der Waals surface area contributed by atoms with Gasteiger partial charge < -0.3 is 10.1 Å². The lowest BCUT2D eigenvalue weighted by Crippen LogP contribution is -2.22. The Kier molecular flexibility index (Phi) is 3.96. The molecule has 1 aliphatic heterocycles. The molecule has 1 heterocycles. The van der Waals surface area contributed by atoms with Gasteiger partial charge in [0.2, 0.25) is 0 Å². The average molecular weight is 284 g/mol. The summed E-state index contributed by atoms with van der Waals surface area (Å²) >= 11 is 3.44. The standard InChI is InChI=1S/C12H14BrNO2/c13-11-3-1-2-9(4-11)6-14-7-10-5-12(15)16-8-10/h1-4,10,14H,5-8H2. The van der Waals surface area contributed by atoms with Gasteiger partial charge in [-0.15, -0.1) is 0 Å². The van der Waals surface area contributed by atoms with Crippen molar-refractivity contribution in [3.05, 3.63) is 34.3 Å². The molecule has 1 aromatic rings. The monoisotopic (exact) mass is 283 g/mol. The van der Waals surface area contributed by atoms with Crippen LogP contribution in [0.1, 0.15) is 12.0 Å². The molecule has 0 bridgehead atoms. The van der Waals surface area contributed by atoms with Crippen molar-refractivity contribution in [1.82, 2.24) is 5.32 Å². The van der Waals surface area contributed by atoms with Gasteiger partial charge >= 0.3 is 5.97 Å². The van der Waals surface area contributed by atoms with Gasteiger partial charge in [-0.05, 0) is 17.7 Å². The predicted octanol–water partition coefficient (Wildman–Crippen LogP) is 2.10.